The average molecular weight is 276 g/mol. The molecule has 3 rings (SSSR count). The molecule has 2 atom stereocenters. The van der Waals surface area contributed by atoms with Crippen LogP contribution in [0.3, 0.4) is 0 Å². The van der Waals surface area contributed by atoms with Gasteiger partial charge in [-0.3, -0.25) is 4.79 Å². The second-order valence-electron chi connectivity index (χ2n) is 5.32. The van der Waals surface area contributed by atoms with Crippen molar-refractivity contribution in [2.24, 2.45) is 5.92 Å². The van der Waals surface area contributed by atoms with Crippen molar-refractivity contribution in [3.05, 3.63) is 29.8 Å². The number of benzene rings is 1. The number of para-hydroxylation sites is 1. The summed E-state index contributed by atoms with van der Waals surface area (Å²) in [6, 6.07) is 8.26. The quantitative estimate of drug-likeness (QED) is 0.890. The minimum atomic E-state index is 0.0707. The Hall–Kier alpha value is -1.16. The van der Waals surface area contributed by atoms with Gasteiger partial charge in [-0.1, -0.05) is 18.2 Å². The van der Waals surface area contributed by atoms with Crippen LogP contribution in [0.2, 0.25) is 0 Å². The number of thioether (sulfide) groups is 1. The summed E-state index contributed by atoms with van der Waals surface area (Å²) in [5, 5.41) is 7.11. The zero-order valence-electron chi connectivity index (χ0n) is 11.0. The lowest BCUT2D eigenvalue weighted by molar-refractivity contribution is -0.124. The molecular weight excluding hydrogens is 256 g/mol. The SMILES string of the molecule is O=C(NCC1CCCS1)C1CNc2ccccc2C1. The molecule has 1 aromatic rings. The predicted octanol–water partition coefficient (Wildman–Crippen LogP) is 2.28. The molecule has 1 fully saturated rings. The number of carbonyl (C=O) groups is 1. The molecule has 2 N–H and O–H groups in total. The number of anilines is 1. The fourth-order valence-corrected chi connectivity index (χ4v) is 3.99. The zero-order valence-corrected chi connectivity index (χ0v) is 11.8. The molecule has 0 aromatic heterocycles. The minimum Gasteiger partial charge on any atom is -0.384 e. The molecule has 0 bridgehead atoms. The summed E-state index contributed by atoms with van der Waals surface area (Å²) in [6.07, 6.45) is 3.40. The lowest BCUT2D eigenvalue weighted by Gasteiger charge is -2.25. The van der Waals surface area contributed by atoms with E-state index < -0.39 is 0 Å². The Labute approximate surface area is 118 Å². The minimum absolute atomic E-state index is 0.0707. The summed E-state index contributed by atoms with van der Waals surface area (Å²) >= 11 is 1.99. The van der Waals surface area contributed by atoms with Crippen molar-refractivity contribution in [2.75, 3.05) is 24.2 Å². The fraction of sp³-hybridized carbons (Fsp3) is 0.533. The first kappa shape index (κ1) is 12.9. The van der Waals surface area contributed by atoms with Gasteiger partial charge >= 0.3 is 0 Å². The van der Waals surface area contributed by atoms with E-state index in [4.69, 9.17) is 0 Å². The molecule has 0 aliphatic carbocycles. The number of rotatable bonds is 3. The maximum Gasteiger partial charge on any atom is 0.225 e. The molecule has 2 heterocycles. The first-order chi connectivity index (χ1) is 9.33. The molecule has 0 radical (unpaired) electrons. The van der Waals surface area contributed by atoms with Gasteiger partial charge in [0.25, 0.3) is 0 Å². The van der Waals surface area contributed by atoms with Gasteiger partial charge in [0.1, 0.15) is 0 Å². The normalized spacial score (nSPS) is 25.5. The van der Waals surface area contributed by atoms with E-state index in [0.717, 1.165) is 19.5 Å². The Morgan fingerprint density at radius 2 is 2.32 bits per heavy atom. The van der Waals surface area contributed by atoms with Gasteiger partial charge in [0.15, 0.2) is 0 Å². The number of nitrogens with one attached hydrogen (secondary N) is 2. The second-order valence-corrected chi connectivity index (χ2v) is 6.73. The molecule has 2 aliphatic heterocycles. The summed E-state index contributed by atoms with van der Waals surface area (Å²) in [6.45, 7) is 1.59. The first-order valence-corrected chi connectivity index (χ1v) is 8.09. The van der Waals surface area contributed by atoms with Crippen LogP contribution >= 0.6 is 11.8 Å². The molecule has 1 aromatic carbocycles. The van der Waals surface area contributed by atoms with Gasteiger partial charge in [0.05, 0.1) is 5.92 Å². The summed E-state index contributed by atoms with van der Waals surface area (Å²) < 4.78 is 0. The number of hydrogen-bond donors (Lipinski definition) is 2. The standard InChI is InChI=1S/C15H20N2OS/c18-15(17-10-13-5-3-7-19-13)12-8-11-4-1-2-6-14(11)16-9-12/h1-2,4,6,12-13,16H,3,5,7-10H2,(H,17,18). The van der Waals surface area contributed by atoms with Crippen LogP contribution in [0.25, 0.3) is 0 Å². The third kappa shape index (κ3) is 3.06. The molecule has 2 aliphatic rings. The maximum atomic E-state index is 12.2. The Kier molecular flexibility index (Phi) is 3.97. The molecule has 2 unspecified atom stereocenters. The third-order valence-electron chi connectivity index (χ3n) is 3.92. The van der Waals surface area contributed by atoms with Crippen LogP contribution in [0.1, 0.15) is 18.4 Å². The van der Waals surface area contributed by atoms with E-state index in [1.165, 1.54) is 29.8 Å². The van der Waals surface area contributed by atoms with Gasteiger partial charge in [-0.15, -0.1) is 0 Å². The highest BCUT2D eigenvalue weighted by Crippen LogP contribution is 2.26. The molecule has 102 valence electrons. The van der Waals surface area contributed by atoms with Gasteiger partial charge in [-0.2, -0.15) is 11.8 Å². The van der Waals surface area contributed by atoms with E-state index >= 15 is 0 Å². The molecule has 0 spiro atoms. The molecule has 0 saturated carbocycles. The van der Waals surface area contributed by atoms with Crippen molar-refractivity contribution in [1.82, 2.24) is 5.32 Å². The lowest BCUT2D eigenvalue weighted by atomic mass is 9.93. The van der Waals surface area contributed by atoms with Gasteiger partial charge in [-0.25, -0.2) is 0 Å². The van der Waals surface area contributed by atoms with Gasteiger partial charge in [-0.05, 0) is 36.6 Å². The maximum absolute atomic E-state index is 12.2. The molecule has 1 saturated heterocycles. The second kappa shape index (κ2) is 5.87. The lowest BCUT2D eigenvalue weighted by Crippen LogP contribution is -2.40. The Bertz CT molecular complexity index is 457. The summed E-state index contributed by atoms with van der Waals surface area (Å²) in [5.74, 6) is 1.52. The van der Waals surface area contributed by atoms with Crippen LogP contribution < -0.4 is 10.6 Å². The number of carbonyl (C=O) groups excluding carboxylic acids is 1. The highest BCUT2D eigenvalue weighted by molar-refractivity contribution is 8.00. The molecule has 1 amide bonds. The Morgan fingerprint density at radius 3 is 3.16 bits per heavy atom. The average Bonchev–Trinajstić information content (AvgIpc) is 2.97. The fourth-order valence-electron chi connectivity index (χ4n) is 2.79. The van der Waals surface area contributed by atoms with Gasteiger partial charge in [0.2, 0.25) is 5.91 Å². The smallest absolute Gasteiger partial charge is 0.225 e. The highest BCUT2D eigenvalue weighted by Gasteiger charge is 2.25. The van der Waals surface area contributed by atoms with Crippen LogP contribution in [-0.2, 0) is 11.2 Å². The molecule has 4 heteroatoms. The number of hydrogen-bond acceptors (Lipinski definition) is 3. The van der Waals surface area contributed by atoms with Crippen molar-refractivity contribution >= 4 is 23.4 Å². The third-order valence-corrected chi connectivity index (χ3v) is 5.32. The Balaban J connectivity index is 1.54. The summed E-state index contributed by atoms with van der Waals surface area (Å²) in [7, 11) is 0. The molecule has 19 heavy (non-hydrogen) atoms. The van der Waals surface area contributed by atoms with E-state index in [0.29, 0.717) is 5.25 Å². The van der Waals surface area contributed by atoms with Crippen LogP contribution in [0.4, 0.5) is 5.69 Å². The van der Waals surface area contributed by atoms with Gasteiger partial charge in [0, 0.05) is 24.0 Å². The van der Waals surface area contributed by atoms with Crippen LogP contribution in [0.5, 0.6) is 0 Å². The van der Waals surface area contributed by atoms with Crippen LogP contribution in [-0.4, -0.2) is 30.0 Å². The van der Waals surface area contributed by atoms with Crippen molar-refractivity contribution in [3.63, 3.8) is 0 Å². The largest absolute Gasteiger partial charge is 0.384 e. The van der Waals surface area contributed by atoms with E-state index in [1.807, 2.05) is 23.9 Å². The van der Waals surface area contributed by atoms with Crippen LogP contribution in [0.15, 0.2) is 24.3 Å². The number of amides is 1. The van der Waals surface area contributed by atoms with Crippen LogP contribution in [0, 0.1) is 5.92 Å². The van der Waals surface area contributed by atoms with E-state index in [-0.39, 0.29) is 11.8 Å². The highest BCUT2D eigenvalue weighted by atomic mass is 32.2. The molecular formula is C15H20N2OS. The van der Waals surface area contributed by atoms with Crippen molar-refractivity contribution < 1.29 is 4.79 Å². The summed E-state index contributed by atoms with van der Waals surface area (Å²) in [5.41, 5.74) is 2.43. The van der Waals surface area contributed by atoms with E-state index in [1.54, 1.807) is 0 Å². The predicted molar refractivity (Wildman–Crippen MR) is 80.6 cm³/mol. The van der Waals surface area contributed by atoms with Gasteiger partial charge < -0.3 is 10.6 Å². The molecule has 3 nitrogen and oxygen atoms in total. The topological polar surface area (TPSA) is 41.1 Å². The summed E-state index contributed by atoms with van der Waals surface area (Å²) in [4.78, 5) is 12.2. The zero-order chi connectivity index (χ0) is 13.1. The van der Waals surface area contributed by atoms with Crippen molar-refractivity contribution in [3.8, 4) is 0 Å². The van der Waals surface area contributed by atoms with E-state index in [2.05, 4.69) is 22.8 Å². The van der Waals surface area contributed by atoms with Crippen molar-refractivity contribution in [2.45, 2.75) is 24.5 Å². The first-order valence-electron chi connectivity index (χ1n) is 7.04. The number of fused-ring (bicyclic) bond motifs is 1. The monoisotopic (exact) mass is 276 g/mol. The Morgan fingerprint density at radius 1 is 1.42 bits per heavy atom. The van der Waals surface area contributed by atoms with Crippen molar-refractivity contribution in [1.29, 1.82) is 0 Å². The van der Waals surface area contributed by atoms with E-state index in [9.17, 15) is 4.79 Å².